The fraction of sp³-hybridized carbons (Fsp3) is 0.292. The Morgan fingerprint density at radius 2 is 1.19 bits per heavy atom. The highest BCUT2D eigenvalue weighted by Gasteiger charge is 2.33. The molecule has 4 heterocycles. The van der Waals surface area contributed by atoms with Crippen LogP contribution in [0.1, 0.15) is 56.2 Å². The average Bonchev–Trinajstić information content (AvgIpc) is 4.08. The number of alkyl halides is 3. The first-order chi connectivity index (χ1) is 34.7. The summed E-state index contributed by atoms with van der Waals surface area (Å²) < 4.78 is 99.0. The zero-order valence-electron chi connectivity index (χ0n) is 38.9. The lowest BCUT2D eigenvalue weighted by atomic mass is 10.1. The highest BCUT2D eigenvalue weighted by molar-refractivity contribution is 8.00. The van der Waals surface area contributed by atoms with Crippen molar-refractivity contribution in [2.75, 3.05) is 43.9 Å². The van der Waals surface area contributed by atoms with Gasteiger partial charge in [-0.15, -0.1) is 22.7 Å². The Morgan fingerprint density at radius 3 is 1.70 bits per heavy atom. The zero-order chi connectivity index (χ0) is 52.3. The van der Waals surface area contributed by atoms with Crippen molar-refractivity contribution in [1.29, 1.82) is 0 Å². The number of carbonyl (C=O) groups excluding carboxylic acids is 2. The largest absolute Gasteiger partial charge is 0.508 e. The number of amides is 2. The molecule has 2 amide bonds. The van der Waals surface area contributed by atoms with E-state index in [1.165, 1.54) is 62.4 Å². The first-order valence-electron chi connectivity index (χ1n) is 22.6. The number of phenolic OH excluding ortho intramolecular Hbond substituents is 1. The Bertz CT molecular complexity index is 3100. The normalized spacial score (nSPS) is 15.1. The van der Waals surface area contributed by atoms with Gasteiger partial charge in [-0.1, -0.05) is 18.2 Å². The maximum atomic E-state index is 13.2. The molecule has 2 aliphatic rings. The molecule has 17 nitrogen and oxygen atoms in total. The van der Waals surface area contributed by atoms with Crippen LogP contribution >= 0.6 is 34.4 Å². The molecule has 8 rings (SSSR count). The number of hydrogen-bond acceptors (Lipinski definition) is 15. The molecule has 6 aromatic rings. The number of aromatic hydroxyl groups is 1. The number of anilines is 2. The number of sulfonamides is 2. The van der Waals surface area contributed by atoms with Gasteiger partial charge in [0.25, 0.3) is 37.5 Å². The second kappa shape index (κ2) is 24.2. The smallest absolute Gasteiger partial charge is 0.446 e. The Balaban J connectivity index is 0.000000216. The highest BCUT2D eigenvalue weighted by Crippen LogP contribution is 2.38. The number of piperidine rings is 2. The summed E-state index contributed by atoms with van der Waals surface area (Å²) in [6, 6.07) is 31.5. The predicted octanol–water partition coefficient (Wildman–Crippen LogP) is 9.12. The van der Waals surface area contributed by atoms with E-state index in [1.807, 2.05) is 0 Å². The van der Waals surface area contributed by atoms with Crippen LogP contribution in [-0.4, -0.2) is 98.2 Å². The number of thioether (sulfide) groups is 1. The minimum atomic E-state index is -4.38. The molecule has 0 spiro atoms. The maximum absolute atomic E-state index is 13.2. The third-order valence-corrected chi connectivity index (χ3v) is 19.2. The van der Waals surface area contributed by atoms with Gasteiger partial charge in [-0.05, 0) is 128 Å². The number of nitrogens with zero attached hydrogens (tertiary/aromatic N) is 3. The van der Waals surface area contributed by atoms with E-state index >= 15 is 0 Å². The molecule has 2 aromatic heterocycles. The zero-order valence-corrected chi connectivity index (χ0v) is 43.0. The molecule has 0 unspecified atom stereocenters. The molecule has 2 fully saturated rings. The van der Waals surface area contributed by atoms with Gasteiger partial charge in [0.2, 0.25) is 0 Å². The van der Waals surface area contributed by atoms with Crippen molar-refractivity contribution in [3.8, 4) is 11.5 Å². The van der Waals surface area contributed by atoms with Crippen molar-refractivity contribution < 1.29 is 54.4 Å². The average molecular weight is 1100 g/mol. The van der Waals surface area contributed by atoms with E-state index in [9.17, 15) is 54.8 Å². The Hall–Kier alpha value is -6.22. The number of rotatable bonds is 17. The standard InChI is InChI=1S/C24H23F3N4O5S3.C24H27N3O5S2/c25-24(26,27)38-20-6-2-4-18(14-20)29-17-9-11-30(12-10-17)39(35,36)22-8-7-21(37-22)15-28-23(32)16-3-1-5-19(13-16)31(33)34;1-32-21-4-2-3-17(15-21)24(29)25-16-22-9-10-23(33-22)34(30,31)27-13-11-19(12-14-27)26-18-5-7-20(28)8-6-18/h1-8,13-14,17,29H,9-12,15H2,(H,28,32);2-10,15,19,26,28H,11-14,16H2,1H3,(H,25,29). The van der Waals surface area contributed by atoms with E-state index in [0.717, 1.165) is 28.0 Å². The third-order valence-electron chi connectivity index (χ3n) is 11.5. The number of nitrogens with one attached hydrogen (secondary N) is 4. The van der Waals surface area contributed by atoms with Crippen molar-refractivity contribution >= 4 is 83.4 Å². The van der Waals surface area contributed by atoms with Crippen LogP contribution in [-0.2, 0) is 33.1 Å². The van der Waals surface area contributed by atoms with Crippen LogP contribution in [0.2, 0.25) is 0 Å². The first kappa shape index (κ1) is 54.6. The molecular formula is C48H50F3N7O10S5. The SMILES string of the molecule is COc1cccc(C(=O)NCc2ccc(S(=O)(=O)N3CCC(Nc4ccc(O)cc4)CC3)s2)c1.O=C(NCc1ccc(S(=O)(=O)N2CCC(Nc3cccc(SC(F)(F)F)c3)CC2)s1)c1cccc([N+](=O)[O-])c1. The molecule has 388 valence electrons. The van der Waals surface area contributed by atoms with Crippen LogP contribution in [0.5, 0.6) is 11.5 Å². The molecule has 0 bridgehead atoms. The lowest BCUT2D eigenvalue weighted by molar-refractivity contribution is -0.384. The topological polar surface area (TPSA) is 230 Å². The predicted molar refractivity (Wildman–Crippen MR) is 274 cm³/mol. The number of hydrogen-bond donors (Lipinski definition) is 5. The highest BCUT2D eigenvalue weighted by atomic mass is 32.3. The molecule has 2 aliphatic heterocycles. The van der Waals surface area contributed by atoms with Gasteiger partial charge in [-0.3, -0.25) is 19.7 Å². The van der Waals surface area contributed by atoms with Crippen molar-refractivity contribution in [1.82, 2.24) is 19.2 Å². The molecule has 4 aromatic carbocycles. The number of halogens is 3. The molecular weight excluding hydrogens is 1050 g/mol. The summed E-state index contributed by atoms with van der Waals surface area (Å²) in [5.41, 5.74) is -2.54. The number of thiophene rings is 2. The number of methoxy groups -OCH3 is 1. The molecule has 0 aliphatic carbocycles. The molecule has 0 saturated carbocycles. The monoisotopic (exact) mass is 1100 g/mol. The van der Waals surface area contributed by atoms with Gasteiger partial charge in [-0.2, -0.15) is 21.8 Å². The van der Waals surface area contributed by atoms with Gasteiger partial charge in [0.05, 0.1) is 25.1 Å². The van der Waals surface area contributed by atoms with Gasteiger partial charge in [0.1, 0.15) is 19.9 Å². The van der Waals surface area contributed by atoms with Crippen molar-refractivity contribution in [3.05, 3.63) is 152 Å². The minimum Gasteiger partial charge on any atom is -0.508 e. The van der Waals surface area contributed by atoms with E-state index in [0.29, 0.717) is 60.7 Å². The van der Waals surface area contributed by atoms with Gasteiger partial charge < -0.3 is 31.1 Å². The maximum Gasteiger partial charge on any atom is 0.446 e. The molecule has 0 atom stereocenters. The molecule has 73 heavy (non-hydrogen) atoms. The quantitative estimate of drug-likeness (QED) is 0.0249. The molecule has 5 N–H and O–H groups in total. The van der Waals surface area contributed by atoms with Crippen LogP contribution in [0.4, 0.5) is 30.2 Å². The van der Waals surface area contributed by atoms with Gasteiger partial charge in [0.15, 0.2) is 0 Å². The lowest BCUT2D eigenvalue weighted by Crippen LogP contribution is -2.42. The van der Waals surface area contributed by atoms with E-state index < -0.39 is 36.4 Å². The first-order valence-corrected chi connectivity index (χ1v) is 27.9. The molecule has 0 radical (unpaired) electrons. The summed E-state index contributed by atoms with van der Waals surface area (Å²) in [4.78, 5) is 36.5. The van der Waals surface area contributed by atoms with Crippen molar-refractivity contribution in [2.24, 2.45) is 0 Å². The number of nitro benzene ring substituents is 1. The Morgan fingerprint density at radius 1 is 0.699 bits per heavy atom. The van der Waals surface area contributed by atoms with Crippen LogP contribution in [0.25, 0.3) is 0 Å². The van der Waals surface area contributed by atoms with E-state index in [2.05, 4.69) is 21.3 Å². The summed E-state index contributed by atoms with van der Waals surface area (Å²) in [5.74, 6) is 0.0364. The summed E-state index contributed by atoms with van der Waals surface area (Å²) in [5, 5.41) is 32.4. The lowest BCUT2D eigenvalue weighted by Gasteiger charge is -2.31. The Kier molecular flexibility index (Phi) is 18.1. The van der Waals surface area contributed by atoms with Gasteiger partial charge in [-0.25, -0.2) is 16.8 Å². The van der Waals surface area contributed by atoms with E-state index in [1.54, 1.807) is 79.9 Å². The van der Waals surface area contributed by atoms with Gasteiger partial charge >= 0.3 is 5.51 Å². The summed E-state index contributed by atoms with van der Waals surface area (Å²) >= 11 is 2.01. The van der Waals surface area contributed by atoms with Crippen molar-refractivity contribution in [3.63, 3.8) is 0 Å². The number of benzene rings is 4. The van der Waals surface area contributed by atoms with Gasteiger partial charge in [0, 0.05) is 87.5 Å². The summed E-state index contributed by atoms with van der Waals surface area (Å²) in [6.45, 7) is 1.64. The second-order valence-electron chi connectivity index (χ2n) is 16.6. The number of non-ortho nitro benzene ring substituents is 1. The third kappa shape index (κ3) is 15.2. The fourth-order valence-corrected chi connectivity index (χ4v) is 14.2. The molecule has 2 saturated heterocycles. The fourth-order valence-electron chi connectivity index (χ4n) is 7.80. The summed E-state index contributed by atoms with van der Waals surface area (Å²) in [6.07, 6.45) is 2.34. The van der Waals surface area contributed by atoms with Crippen LogP contribution in [0.15, 0.2) is 135 Å². The number of nitro groups is 1. The minimum absolute atomic E-state index is 0.0550. The number of ether oxygens (including phenoxy) is 1. The number of phenols is 1. The molecule has 25 heteroatoms. The van der Waals surface area contributed by atoms with Crippen molar-refractivity contribution in [2.45, 2.75) is 69.7 Å². The summed E-state index contributed by atoms with van der Waals surface area (Å²) in [7, 11) is -5.80. The van der Waals surface area contributed by atoms with Crippen LogP contribution in [0.3, 0.4) is 0 Å². The Labute approximate surface area is 432 Å². The number of carbonyl (C=O) groups is 2. The second-order valence-corrected chi connectivity index (χ2v) is 24.4. The van der Waals surface area contributed by atoms with E-state index in [4.69, 9.17) is 4.74 Å². The van der Waals surface area contributed by atoms with E-state index in [-0.39, 0.29) is 86.2 Å². The van der Waals surface area contributed by atoms with Crippen LogP contribution < -0.4 is 26.0 Å². The van der Waals surface area contributed by atoms with Crippen LogP contribution in [0, 0.1) is 10.1 Å².